The van der Waals surface area contributed by atoms with Crippen molar-refractivity contribution in [2.75, 3.05) is 0 Å². The van der Waals surface area contributed by atoms with Crippen LogP contribution in [0.2, 0.25) is 0 Å². The molecule has 6 heteroatoms. The van der Waals surface area contributed by atoms with Crippen LogP contribution in [0.15, 0.2) is 30.5 Å². The van der Waals surface area contributed by atoms with E-state index in [9.17, 15) is 9.18 Å². The average molecular weight is 342 g/mol. The number of amides is 2. The van der Waals surface area contributed by atoms with Gasteiger partial charge in [-0.05, 0) is 31.7 Å². The summed E-state index contributed by atoms with van der Waals surface area (Å²) < 4.78 is 16.1. The Kier molecular flexibility index (Phi) is 4.42. The number of urea groups is 1. The van der Waals surface area contributed by atoms with E-state index in [1.54, 1.807) is 23.1 Å². The molecule has 0 bridgehead atoms. The summed E-state index contributed by atoms with van der Waals surface area (Å²) in [6.45, 7) is 1.74. The smallest absolute Gasteiger partial charge is 0.318 e. The third kappa shape index (κ3) is 3.67. The fraction of sp³-hybridized carbons (Fsp3) is 0.474. The number of fused-ring (bicyclic) bond motifs is 1. The lowest BCUT2D eigenvalue weighted by molar-refractivity contribution is 0.190. The fourth-order valence-electron chi connectivity index (χ4n) is 3.39. The summed E-state index contributed by atoms with van der Waals surface area (Å²) in [6.07, 6.45) is 7.39. The van der Waals surface area contributed by atoms with Gasteiger partial charge in [-0.3, -0.25) is 0 Å². The number of carbonyl (C=O) groups is 1. The highest BCUT2D eigenvalue weighted by Crippen LogP contribution is 2.29. The van der Waals surface area contributed by atoms with Crippen LogP contribution >= 0.6 is 0 Å². The van der Waals surface area contributed by atoms with Crippen molar-refractivity contribution in [1.82, 2.24) is 19.8 Å². The third-order valence-electron chi connectivity index (χ3n) is 4.93. The molecule has 1 saturated carbocycles. The Morgan fingerprint density at radius 3 is 2.92 bits per heavy atom. The first-order valence-electron chi connectivity index (χ1n) is 9.03. The molecule has 0 spiro atoms. The van der Waals surface area contributed by atoms with Gasteiger partial charge in [-0.1, -0.05) is 18.2 Å². The molecule has 1 N–H and O–H groups in total. The van der Waals surface area contributed by atoms with E-state index in [-0.39, 0.29) is 17.9 Å². The van der Waals surface area contributed by atoms with Crippen LogP contribution in [-0.2, 0) is 26.1 Å². The van der Waals surface area contributed by atoms with Gasteiger partial charge in [0.2, 0.25) is 0 Å². The van der Waals surface area contributed by atoms with Crippen LogP contribution in [0.5, 0.6) is 0 Å². The van der Waals surface area contributed by atoms with E-state index in [4.69, 9.17) is 0 Å². The minimum Gasteiger partial charge on any atom is -0.335 e. The van der Waals surface area contributed by atoms with Crippen LogP contribution in [0.3, 0.4) is 0 Å². The number of hydrogen-bond acceptors (Lipinski definition) is 2. The molecule has 1 aliphatic heterocycles. The lowest BCUT2D eigenvalue weighted by atomic mass is 10.2. The number of rotatable bonds is 5. The van der Waals surface area contributed by atoms with Crippen molar-refractivity contribution >= 4 is 6.03 Å². The molecule has 1 fully saturated rings. The molecule has 132 valence electrons. The molecular weight excluding hydrogens is 319 g/mol. The number of nitrogens with zero attached hydrogens (tertiary/aromatic N) is 3. The van der Waals surface area contributed by atoms with Gasteiger partial charge in [0.15, 0.2) is 0 Å². The molecule has 1 aromatic heterocycles. The standard InChI is InChI=1S/C19H23FN4O/c20-17-6-2-1-5-14(17)12-24(16-8-9-16)19(25)21-11-15-13-23-10-4-3-7-18(23)22-15/h1-2,5-6,13,16H,3-4,7-12H2,(H,21,25). The Labute approximate surface area is 146 Å². The Morgan fingerprint density at radius 1 is 1.32 bits per heavy atom. The molecule has 0 unspecified atom stereocenters. The van der Waals surface area contributed by atoms with Crippen LogP contribution in [-0.4, -0.2) is 26.5 Å². The molecular formula is C19H23FN4O. The fourth-order valence-corrected chi connectivity index (χ4v) is 3.39. The van der Waals surface area contributed by atoms with Crippen molar-refractivity contribution in [3.8, 4) is 0 Å². The average Bonchev–Trinajstić information content (AvgIpc) is 3.37. The molecule has 2 heterocycles. The summed E-state index contributed by atoms with van der Waals surface area (Å²) in [7, 11) is 0. The Morgan fingerprint density at radius 2 is 2.16 bits per heavy atom. The highest BCUT2D eigenvalue weighted by molar-refractivity contribution is 5.74. The zero-order chi connectivity index (χ0) is 17.2. The molecule has 5 nitrogen and oxygen atoms in total. The van der Waals surface area contributed by atoms with Gasteiger partial charge >= 0.3 is 6.03 Å². The van der Waals surface area contributed by atoms with Crippen LogP contribution in [0, 0.1) is 5.82 Å². The van der Waals surface area contributed by atoms with Gasteiger partial charge in [0, 0.05) is 30.8 Å². The van der Waals surface area contributed by atoms with Crippen molar-refractivity contribution in [3.05, 3.63) is 53.4 Å². The lowest BCUT2D eigenvalue weighted by Crippen LogP contribution is -2.40. The molecule has 2 aromatic rings. The summed E-state index contributed by atoms with van der Waals surface area (Å²) in [4.78, 5) is 19.0. The van der Waals surface area contributed by atoms with E-state index in [0.717, 1.165) is 37.3 Å². The quantitative estimate of drug-likeness (QED) is 0.907. The first-order chi connectivity index (χ1) is 12.2. The summed E-state index contributed by atoms with van der Waals surface area (Å²) in [5.41, 5.74) is 1.45. The van der Waals surface area contributed by atoms with Gasteiger partial charge in [0.1, 0.15) is 11.6 Å². The highest BCUT2D eigenvalue weighted by atomic mass is 19.1. The van der Waals surface area contributed by atoms with E-state index >= 15 is 0 Å². The second kappa shape index (κ2) is 6.86. The number of halogens is 1. The van der Waals surface area contributed by atoms with Crippen molar-refractivity contribution in [3.63, 3.8) is 0 Å². The number of aromatic nitrogens is 2. The molecule has 0 radical (unpaired) electrons. The molecule has 4 rings (SSSR count). The Bertz CT molecular complexity index is 745. The first kappa shape index (κ1) is 16.1. The van der Waals surface area contributed by atoms with E-state index in [0.29, 0.717) is 18.7 Å². The largest absolute Gasteiger partial charge is 0.335 e. The molecule has 2 aliphatic rings. The number of imidazole rings is 1. The van der Waals surface area contributed by atoms with Crippen molar-refractivity contribution in [2.24, 2.45) is 0 Å². The lowest BCUT2D eigenvalue weighted by Gasteiger charge is -2.23. The second-order valence-electron chi connectivity index (χ2n) is 6.91. The van der Waals surface area contributed by atoms with Gasteiger partial charge in [0.05, 0.1) is 18.8 Å². The minimum absolute atomic E-state index is 0.142. The van der Waals surface area contributed by atoms with Crippen LogP contribution in [0.1, 0.15) is 42.8 Å². The number of benzene rings is 1. The number of aryl methyl sites for hydroxylation is 2. The maximum atomic E-state index is 13.9. The summed E-state index contributed by atoms with van der Waals surface area (Å²) in [6, 6.07) is 6.72. The van der Waals surface area contributed by atoms with Crippen molar-refractivity contribution in [1.29, 1.82) is 0 Å². The predicted octanol–water partition coefficient (Wildman–Crippen LogP) is 3.23. The van der Waals surface area contributed by atoms with Crippen molar-refractivity contribution < 1.29 is 9.18 Å². The number of nitrogens with one attached hydrogen (secondary N) is 1. The molecule has 0 atom stereocenters. The van der Waals surface area contributed by atoms with E-state index in [1.165, 1.54) is 18.9 Å². The summed E-state index contributed by atoms with van der Waals surface area (Å²) >= 11 is 0. The normalized spacial score (nSPS) is 16.4. The number of hydrogen-bond donors (Lipinski definition) is 1. The molecule has 2 amide bonds. The van der Waals surface area contributed by atoms with E-state index in [1.807, 2.05) is 6.20 Å². The minimum atomic E-state index is -0.261. The van der Waals surface area contributed by atoms with Gasteiger partial charge in [0.25, 0.3) is 0 Å². The van der Waals surface area contributed by atoms with Gasteiger partial charge in [-0.25, -0.2) is 14.2 Å². The van der Waals surface area contributed by atoms with Crippen LogP contribution < -0.4 is 5.32 Å². The molecule has 0 saturated heterocycles. The monoisotopic (exact) mass is 342 g/mol. The third-order valence-corrected chi connectivity index (χ3v) is 4.93. The van der Waals surface area contributed by atoms with Crippen LogP contribution in [0.25, 0.3) is 0 Å². The summed E-state index contributed by atoms with van der Waals surface area (Å²) in [5, 5.41) is 2.96. The van der Waals surface area contributed by atoms with Crippen molar-refractivity contribution in [2.45, 2.75) is 57.8 Å². The predicted molar refractivity (Wildman–Crippen MR) is 92.4 cm³/mol. The van der Waals surface area contributed by atoms with Crippen LogP contribution in [0.4, 0.5) is 9.18 Å². The highest BCUT2D eigenvalue weighted by Gasteiger charge is 2.33. The number of carbonyl (C=O) groups excluding carboxylic acids is 1. The second-order valence-corrected chi connectivity index (χ2v) is 6.91. The summed E-state index contributed by atoms with van der Waals surface area (Å²) in [5.74, 6) is 0.851. The van der Waals surface area contributed by atoms with E-state index < -0.39 is 0 Å². The van der Waals surface area contributed by atoms with Gasteiger partial charge in [-0.2, -0.15) is 0 Å². The first-order valence-corrected chi connectivity index (χ1v) is 9.03. The molecule has 1 aromatic carbocycles. The molecule has 25 heavy (non-hydrogen) atoms. The maximum Gasteiger partial charge on any atom is 0.318 e. The van der Waals surface area contributed by atoms with Gasteiger partial charge in [-0.15, -0.1) is 0 Å². The zero-order valence-electron chi connectivity index (χ0n) is 14.2. The SMILES string of the molecule is O=C(NCc1cn2c(n1)CCCC2)N(Cc1ccccc1F)C1CC1. The zero-order valence-corrected chi connectivity index (χ0v) is 14.2. The Hall–Kier alpha value is -2.37. The molecule has 1 aliphatic carbocycles. The van der Waals surface area contributed by atoms with E-state index in [2.05, 4.69) is 14.9 Å². The topological polar surface area (TPSA) is 50.2 Å². The van der Waals surface area contributed by atoms with Gasteiger partial charge < -0.3 is 14.8 Å². The maximum absolute atomic E-state index is 13.9. The Balaban J connectivity index is 1.39.